The van der Waals surface area contributed by atoms with Crippen molar-refractivity contribution in [2.75, 3.05) is 13.2 Å². The summed E-state index contributed by atoms with van der Waals surface area (Å²) in [5.74, 6) is -1.16. The third kappa shape index (κ3) is 3.72. The Labute approximate surface area is 186 Å². The second kappa shape index (κ2) is 8.65. The fraction of sp³-hybridized carbons (Fsp3) is 0.360. The summed E-state index contributed by atoms with van der Waals surface area (Å²) in [7, 11) is 0. The predicted octanol–water partition coefficient (Wildman–Crippen LogP) is 4.98. The summed E-state index contributed by atoms with van der Waals surface area (Å²) in [6.07, 6.45) is 2.08. The van der Waals surface area contributed by atoms with Gasteiger partial charge in [0, 0.05) is 29.7 Å². The van der Waals surface area contributed by atoms with Gasteiger partial charge in [0.15, 0.2) is 0 Å². The summed E-state index contributed by atoms with van der Waals surface area (Å²) in [5, 5.41) is 0.672. The number of nitrogens with one attached hydrogen (secondary N) is 1. The van der Waals surface area contributed by atoms with Crippen LogP contribution in [-0.4, -0.2) is 35.0 Å². The third-order valence-corrected chi connectivity index (χ3v) is 6.31. The van der Waals surface area contributed by atoms with Crippen LogP contribution in [0.25, 0.3) is 22.0 Å². The molecule has 3 N–H and O–H groups in total. The molecule has 4 rings (SSSR count). The van der Waals surface area contributed by atoms with Crippen molar-refractivity contribution in [3.63, 3.8) is 0 Å². The summed E-state index contributed by atoms with van der Waals surface area (Å²) in [4.78, 5) is 29.3. The van der Waals surface area contributed by atoms with E-state index in [1.165, 1.54) is 6.07 Å². The molecular formula is C25H28FN3O3. The number of aromatic nitrogens is 1. The zero-order valence-electron chi connectivity index (χ0n) is 18.7. The molecule has 168 valence electrons. The third-order valence-electron chi connectivity index (χ3n) is 6.31. The molecule has 7 heteroatoms. The number of halogens is 1. The Morgan fingerprint density at radius 2 is 2.06 bits per heavy atom. The molecule has 1 aromatic heterocycles. The topological polar surface area (TPSA) is 88.4 Å². The number of hydrogen-bond acceptors (Lipinski definition) is 3. The zero-order chi connectivity index (χ0) is 23.0. The van der Waals surface area contributed by atoms with Crippen LogP contribution in [0.1, 0.15) is 52.5 Å². The van der Waals surface area contributed by atoms with Crippen molar-refractivity contribution in [1.82, 2.24) is 9.88 Å². The standard InChI is InChI=1S/C25H28FN3O3/c1-4-5-11-32-25(31)29-10-9-17-16(13-29)7-6-8-18(17)22-20(26)12-19(24(27)30)23-21(22)14(2)15(3)28-23/h6-8,12,28H,4-5,9-11,13H2,1-3H3,(H2,27,30). The van der Waals surface area contributed by atoms with Gasteiger partial charge in [0.25, 0.3) is 5.91 Å². The highest BCUT2D eigenvalue weighted by molar-refractivity contribution is 6.11. The lowest BCUT2D eigenvalue weighted by atomic mass is 9.87. The van der Waals surface area contributed by atoms with E-state index in [9.17, 15) is 9.59 Å². The molecule has 0 fully saturated rings. The second-order valence-corrected chi connectivity index (χ2v) is 8.35. The number of rotatable bonds is 5. The van der Waals surface area contributed by atoms with Crippen molar-refractivity contribution in [1.29, 1.82) is 0 Å². The maximum absolute atomic E-state index is 15.5. The quantitative estimate of drug-likeness (QED) is 0.552. The molecule has 0 saturated heterocycles. The number of ether oxygens (including phenoxy) is 1. The van der Waals surface area contributed by atoms with Gasteiger partial charge in [-0.15, -0.1) is 0 Å². The van der Waals surface area contributed by atoms with Gasteiger partial charge in [0.05, 0.1) is 17.7 Å². The van der Waals surface area contributed by atoms with Gasteiger partial charge >= 0.3 is 6.09 Å². The molecule has 0 unspecified atom stereocenters. The lowest BCUT2D eigenvalue weighted by Crippen LogP contribution is -2.36. The summed E-state index contributed by atoms with van der Waals surface area (Å²) in [6.45, 7) is 7.19. The number of unbranched alkanes of at least 4 members (excludes halogenated alkanes) is 1. The highest BCUT2D eigenvalue weighted by Crippen LogP contribution is 2.40. The van der Waals surface area contributed by atoms with Crippen LogP contribution >= 0.6 is 0 Å². The van der Waals surface area contributed by atoms with E-state index in [0.717, 1.165) is 40.8 Å². The molecule has 0 aliphatic carbocycles. The Bertz CT molecular complexity index is 1220. The van der Waals surface area contributed by atoms with Crippen LogP contribution in [0, 0.1) is 19.7 Å². The molecule has 6 nitrogen and oxygen atoms in total. The Morgan fingerprint density at radius 3 is 2.78 bits per heavy atom. The molecule has 32 heavy (non-hydrogen) atoms. The van der Waals surface area contributed by atoms with Crippen molar-refractivity contribution in [3.05, 3.63) is 58.0 Å². The van der Waals surface area contributed by atoms with Gasteiger partial charge in [-0.3, -0.25) is 4.79 Å². The first kappa shape index (κ1) is 21.9. The normalized spacial score (nSPS) is 13.3. The highest BCUT2D eigenvalue weighted by atomic mass is 19.1. The molecule has 1 aliphatic heterocycles. The van der Waals surface area contributed by atoms with E-state index in [2.05, 4.69) is 4.98 Å². The molecule has 0 atom stereocenters. The van der Waals surface area contributed by atoms with Crippen LogP contribution in [-0.2, 0) is 17.7 Å². The number of primary amides is 1. The molecule has 0 bridgehead atoms. The summed E-state index contributed by atoms with van der Waals surface area (Å²) < 4.78 is 20.8. The molecule has 0 spiro atoms. The van der Waals surface area contributed by atoms with Gasteiger partial charge in [-0.2, -0.15) is 0 Å². The summed E-state index contributed by atoms with van der Waals surface area (Å²) >= 11 is 0. The second-order valence-electron chi connectivity index (χ2n) is 8.35. The monoisotopic (exact) mass is 437 g/mol. The molecule has 0 radical (unpaired) electrons. The first-order chi connectivity index (χ1) is 15.3. The lowest BCUT2D eigenvalue weighted by molar-refractivity contribution is 0.0965. The van der Waals surface area contributed by atoms with Crippen molar-refractivity contribution < 1.29 is 18.7 Å². The lowest BCUT2D eigenvalue weighted by Gasteiger charge is -2.30. The molecule has 0 saturated carbocycles. The number of carbonyl (C=O) groups excluding carboxylic acids is 2. The number of benzene rings is 2. The van der Waals surface area contributed by atoms with Crippen LogP contribution in [0.15, 0.2) is 24.3 Å². The van der Waals surface area contributed by atoms with Crippen LogP contribution in [0.3, 0.4) is 0 Å². The van der Waals surface area contributed by atoms with E-state index in [0.29, 0.717) is 42.6 Å². The van der Waals surface area contributed by atoms with Gasteiger partial charge < -0.3 is 20.4 Å². The molecule has 3 aromatic rings. The van der Waals surface area contributed by atoms with Crippen LogP contribution in [0.5, 0.6) is 0 Å². The van der Waals surface area contributed by atoms with Gasteiger partial charge in [-0.05, 0) is 55.0 Å². The van der Waals surface area contributed by atoms with Crippen LogP contribution in [0.2, 0.25) is 0 Å². The van der Waals surface area contributed by atoms with Crippen molar-refractivity contribution >= 4 is 22.9 Å². The number of carbonyl (C=O) groups is 2. The van der Waals surface area contributed by atoms with Crippen LogP contribution < -0.4 is 5.73 Å². The Kier molecular flexibility index (Phi) is 5.91. The van der Waals surface area contributed by atoms with Crippen molar-refractivity contribution in [2.45, 2.75) is 46.6 Å². The van der Waals surface area contributed by atoms with E-state index in [1.807, 2.05) is 39.0 Å². The number of nitrogens with two attached hydrogens (primary N) is 1. The van der Waals surface area contributed by atoms with E-state index in [4.69, 9.17) is 10.5 Å². The van der Waals surface area contributed by atoms with Gasteiger partial charge in [0.1, 0.15) is 5.82 Å². The molecule has 2 aromatic carbocycles. The Balaban J connectivity index is 1.79. The zero-order valence-corrected chi connectivity index (χ0v) is 18.7. The van der Waals surface area contributed by atoms with Gasteiger partial charge in [0.2, 0.25) is 0 Å². The minimum Gasteiger partial charge on any atom is -0.449 e. The number of fused-ring (bicyclic) bond motifs is 2. The SMILES string of the molecule is CCCCOC(=O)N1CCc2c(cccc2-c2c(F)cc(C(N)=O)c3[nH]c(C)c(C)c23)C1. The number of amides is 2. The van der Waals surface area contributed by atoms with Crippen molar-refractivity contribution in [3.8, 4) is 11.1 Å². The summed E-state index contributed by atoms with van der Waals surface area (Å²) in [5.41, 5.74) is 11.2. The number of H-pyrrole nitrogens is 1. The average molecular weight is 438 g/mol. The van der Waals surface area contributed by atoms with E-state index in [1.54, 1.807) is 4.90 Å². The number of aryl methyl sites for hydroxylation is 2. The maximum Gasteiger partial charge on any atom is 0.410 e. The first-order valence-corrected chi connectivity index (χ1v) is 11.0. The van der Waals surface area contributed by atoms with E-state index >= 15 is 4.39 Å². The average Bonchev–Trinajstić information content (AvgIpc) is 3.07. The largest absolute Gasteiger partial charge is 0.449 e. The Morgan fingerprint density at radius 1 is 1.28 bits per heavy atom. The van der Waals surface area contributed by atoms with Crippen molar-refractivity contribution in [2.24, 2.45) is 5.73 Å². The van der Waals surface area contributed by atoms with E-state index in [-0.39, 0.29) is 11.7 Å². The Hall–Kier alpha value is -3.35. The number of nitrogens with zero attached hydrogens (tertiary/aromatic N) is 1. The summed E-state index contributed by atoms with van der Waals surface area (Å²) in [6, 6.07) is 6.96. The smallest absolute Gasteiger partial charge is 0.410 e. The molecule has 1 aliphatic rings. The van der Waals surface area contributed by atoms with Crippen LogP contribution in [0.4, 0.5) is 9.18 Å². The molecule has 2 heterocycles. The first-order valence-electron chi connectivity index (χ1n) is 11.0. The maximum atomic E-state index is 15.5. The number of aromatic amines is 1. The predicted molar refractivity (Wildman–Crippen MR) is 122 cm³/mol. The fourth-order valence-electron chi connectivity index (χ4n) is 4.48. The molecule has 2 amide bonds. The van der Waals surface area contributed by atoms with E-state index < -0.39 is 11.7 Å². The van der Waals surface area contributed by atoms with Gasteiger partial charge in [-0.1, -0.05) is 31.5 Å². The highest BCUT2D eigenvalue weighted by Gasteiger charge is 2.27. The number of hydrogen-bond donors (Lipinski definition) is 2. The van der Waals surface area contributed by atoms with Gasteiger partial charge in [-0.25, -0.2) is 9.18 Å². The minimum absolute atomic E-state index is 0.142. The minimum atomic E-state index is -0.672. The fourth-order valence-corrected chi connectivity index (χ4v) is 4.48. The molecular weight excluding hydrogens is 409 g/mol.